The Bertz CT molecular complexity index is 454. The molecule has 2 rings (SSSR count). The summed E-state index contributed by atoms with van der Waals surface area (Å²) in [5.74, 6) is -0.271. The molecular formula is C10H11FN2O2. The Morgan fingerprint density at radius 3 is 2.73 bits per heavy atom. The summed E-state index contributed by atoms with van der Waals surface area (Å²) in [6.45, 7) is 2.24. The molecule has 1 N–H and O–H groups in total. The number of carbonyl (C=O) groups excluding carboxylic acids is 1. The van der Waals surface area contributed by atoms with Crippen molar-refractivity contribution in [2.75, 3.05) is 7.11 Å². The Hall–Kier alpha value is -1.91. The van der Waals surface area contributed by atoms with Gasteiger partial charge in [0.1, 0.15) is 5.52 Å². The van der Waals surface area contributed by atoms with Gasteiger partial charge in [-0.05, 0) is 13.0 Å². The van der Waals surface area contributed by atoms with Gasteiger partial charge in [-0.3, -0.25) is 9.89 Å². The van der Waals surface area contributed by atoms with Crippen LogP contribution < -0.4 is 0 Å². The van der Waals surface area contributed by atoms with E-state index in [1.54, 1.807) is 6.07 Å². The fourth-order valence-electron chi connectivity index (χ4n) is 1.13. The first-order valence-electron chi connectivity index (χ1n) is 4.26. The number of halogens is 1. The molecule has 0 aliphatic heterocycles. The number of methoxy groups -OCH3 is 1. The van der Waals surface area contributed by atoms with E-state index in [9.17, 15) is 4.39 Å². The van der Waals surface area contributed by atoms with Gasteiger partial charge in [-0.1, -0.05) is 12.1 Å². The Balaban J connectivity index is 0.000000245. The molecule has 0 aliphatic carbocycles. The quantitative estimate of drug-likeness (QED) is 0.730. The molecule has 0 fully saturated rings. The molecule has 0 radical (unpaired) electrons. The number of rotatable bonds is 1. The molecule has 0 aliphatic rings. The van der Waals surface area contributed by atoms with E-state index in [0.717, 1.165) is 11.1 Å². The van der Waals surface area contributed by atoms with Gasteiger partial charge < -0.3 is 4.74 Å². The highest BCUT2D eigenvalue weighted by molar-refractivity contribution is 5.81. The molecule has 0 unspecified atom stereocenters. The molecule has 1 aromatic carbocycles. The predicted octanol–water partition coefficient (Wildman–Crippen LogP) is 1.80. The third-order valence-corrected chi connectivity index (χ3v) is 1.82. The second kappa shape index (κ2) is 5.09. The number of ether oxygens (including phenoxy) is 1. The molecule has 2 aromatic rings. The lowest BCUT2D eigenvalue weighted by Crippen LogP contribution is -1.75. The van der Waals surface area contributed by atoms with Crippen LogP contribution in [-0.2, 0) is 9.53 Å². The van der Waals surface area contributed by atoms with Crippen LogP contribution in [0.25, 0.3) is 10.9 Å². The zero-order valence-corrected chi connectivity index (χ0v) is 8.45. The van der Waals surface area contributed by atoms with Crippen LogP contribution in [0.1, 0.15) is 5.69 Å². The molecular weight excluding hydrogens is 199 g/mol. The summed E-state index contributed by atoms with van der Waals surface area (Å²) < 4.78 is 16.8. The number of aromatic nitrogens is 2. The molecule has 0 amide bonds. The zero-order chi connectivity index (χ0) is 11.3. The predicted molar refractivity (Wildman–Crippen MR) is 53.9 cm³/mol. The normalized spacial score (nSPS) is 9.27. The van der Waals surface area contributed by atoms with E-state index in [2.05, 4.69) is 14.9 Å². The summed E-state index contributed by atoms with van der Waals surface area (Å²) >= 11 is 0. The van der Waals surface area contributed by atoms with E-state index in [0.29, 0.717) is 12.0 Å². The van der Waals surface area contributed by atoms with Gasteiger partial charge in [0.05, 0.1) is 7.11 Å². The van der Waals surface area contributed by atoms with Crippen LogP contribution in [0.4, 0.5) is 4.39 Å². The van der Waals surface area contributed by atoms with Gasteiger partial charge in [-0.25, -0.2) is 4.39 Å². The maximum absolute atomic E-state index is 12.9. The first-order valence-corrected chi connectivity index (χ1v) is 4.26. The van der Waals surface area contributed by atoms with Crippen molar-refractivity contribution in [3.05, 3.63) is 29.7 Å². The average Bonchev–Trinajstić information content (AvgIpc) is 2.63. The lowest BCUT2D eigenvalue weighted by atomic mass is 10.2. The van der Waals surface area contributed by atoms with Crippen molar-refractivity contribution >= 4 is 17.4 Å². The third-order valence-electron chi connectivity index (χ3n) is 1.82. The summed E-state index contributed by atoms with van der Waals surface area (Å²) in [6.07, 6.45) is 0. The fraction of sp³-hybridized carbons (Fsp3) is 0.200. The summed E-state index contributed by atoms with van der Waals surface area (Å²) in [7, 11) is 1.31. The van der Waals surface area contributed by atoms with E-state index in [1.165, 1.54) is 13.2 Å². The Kier molecular flexibility index (Phi) is 3.79. The number of carbonyl (C=O) groups is 1. The van der Waals surface area contributed by atoms with Crippen molar-refractivity contribution < 1.29 is 13.9 Å². The molecule has 80 valence electrons. The van der Waals surface area contributed by atoms with E-state index < -0.39 is 0 Å². The number of H-pyrrole nitrogens is 1. The van der Waals surface area contributed by atoms with Crippen molar-refractivity contribution in [3.63, 3.8) is 0 Å². The lowest BCUT2D eigenvalue weighted by Gasteiger charge is -1.88. The van der Waals surface area contributed by atoms with Gasteiger partial charge in [0.25, 0.3) is 6.47 Å². The molecule has 1 heterocycles. The Labute approximate surface area is 86.1 Å². The van der Waals surface area contributed by atoms with Crippen LogP contribution in [-0.4, -0.2) is 23.8 Å². The van der Waals surface area contributed by atoms with Crippen LogP contribution >= 0.6 is 0 Å². The number of para-hydroxylation sites is 1. The van der Waals surface area contributed by atoms with Crippen LogP contribution in [0.2, 0.25) is 0 Å². The third kappa shape index (κ3) is 2.52. The van der Waals surface area contributed by atoms with Crippen LogP contribution in [0.3, 0.4) is 0 Å². The number of benzene rings is 1. The summed E-state index contributed by atoms with van der Waals surface area (Å²) in [5.41, 5.74) is 1.32. The summed E-state index contributed by atoms with van der Waals surface area (Å²) in [4.78, 5) is 8.95. The number of aromatic amines is 1. The van der Waals surface area contributed by atoms with Gasteiger partial charge in [0, 0.05) is 11.1 Å². The maximum atomic E-state index is 12.9. The minimum Gasteiger partial charge on any atom is -0.471 e. The topological polar surface area (TPSA) is 55.0 Å². The number of hydrogen-bond acceptors (Lipinski definition) is 3. The van der Waals surface area contributed by atoms with Gasteiger partial charge >= 0.3 is 0 Å². The summed E-state index contributed by atoms with van der Waals surface area (Å²) in [6, 6.07) is 4.93. The van der Waals surface area contributed by atoms with E-state index in [4.69, 9.17) is 4.79 Å². The number of hydrogen-bond donors (Lipinski definition) is 1. The average molecular weight is 210 g/mol. The molecule has 0 bridgehead atoms. The highest BCUT2D eigenvalue weighted by Crippen LogP contribution is 2.16. The Morgan fingerprint density at radius 2 is 2.20 bits per heavy atom. The second-order valence-electron chi connectivity index (χ2n) is 2.82. The van der Waals surface area contributed by atoms with Crippen molar-refractivity contribution in [1.29, 1.82) is 0 Å². The molecule has 4 nitrogen and oxygen atoms in total. The van der Waals surface area contributed by atoms with Gasteiger partial charge in [0.2, 0.25) is 0 Å². The highest BCUT2D eigenvalue weighted by Gasteiger charge is 2.03. The van der Waals surface area contributed by atoms with E-state index in [1.807, 2.05) is 13.0 Å². The Morgan fingerprint density at radius 1 is 1.53 bits per heavy atom. The minimum absolute atomic E-state index is 0.271. The molecule has 5 heteroatoms. The summed E-state index contributed by atoms with van der Waals surface area (Å²) in [5, 5.41) is 7.40. The van der Waals surface area contributed by atoms with Crippen molar-refractivity contribution in [3.8, 4) is 0 Å². The van der Waals surface area contributed by atoms with Gasteiger partial charge in [-0.2, -0.15) is 5.10 Å². The first-order chi connectivity index (χ1) is 7.20. The number of fused-ring (bicyclic) bond motifs is 1. The molecule has 0 atom stereocenters. The molecule has 1 aromatic heterocycles. The minimum atomic E-state index is -0.271. The van der Waals surface area contributed by atoms with Crippen LogP contribution in [0, 0.1) is 12.7 Å². The van der Waals surface area contributed by atoms with Crippen LogP contribution in [0.5, 0.6) is 0 Å². The second-order valence-corrected chi connectivity index (χ2v) is 2.82. The van der Waals surface area contributed by atoms with Crippen molar-refractivity contribution in [1.82, 2.24) is 10.2 Å². The number of nitrogens with zero attached hydrogens (tertiary/aromatic N) is 1. The number of nitrogens with one attached hydrogen (secondary N) is 1. The van der Waals surface area contributed by atoms with Crippen molar-refractivity contribution in [2.45, 2.75) is 6.92 Å². The molecule has 15 heavy (non-hydrogen) atoms. The maximum Gasteiger partial charge on any atom is 0.292 e. The number of aryl methyl sites for hydroxylation is 1. The fourth-order valence-corrected chi connectivity index (χ4v) is 1.13. The standard InChI is InChI=1S/C8H7FN2.C2H4O2/c1-5-6-3-2-4-7(9)8(6)11-10-5;1-4-2-3/h2-4H,1H3,(H,10,11);2H,1H3. The smallest absolute Gasteiger partial charge is 0.292 e. The lowest BCUT2D eigenvalue weighted by molar-refractivity contribution is -0.126. The van der Waals surface area contributed by atoms with Gasteiger partial charge in [0.15, 0.2) is 5.82 Å². The van der Waals surface area contributed by atoms with Crippen LogP contribution in [0.15, 0.2) is 18.2 Å². The first kappa shape index (κ1) is 11.2. The SMILES string of the molecule is COC=O.Cc1[nH]nc2c(F)cccc12. The monoisotopic (exact) mass is 210 g/mol. The molecule has 0 spiro atoms. The highest BCUT2D eigenvalue weighted by atomic mass is 19.1. The van der Waals surface area contributed by atoms with Crippen molar-refractivity contribution in [2.24, 2.45) is 0 Å². The largest absolute Gasteiger partial charge is 0.471 e. The zero-order valence-electron chi connectivity index (χ0n) is 8.45. The van der Waals surface area contributed by atoms with Gasteiger partial charge in [-0.15, -0.1) is 0 Å². The van der Waals surface area contributed by atoms with E-state index in [-0.39, 0.29) is 5.82 Å². The molecule has 0 saturated carbocycles. The molecule has 0 saturated heterocycles. The van der Waals surface area contributed by atoms with E-state index >= 15 is 0 Å².